The Morgan fingerprint density at radius 3 is 2.74 bits per heavy atom. The SMILES string of the molecule is C=CCN1CCC(Nc2nc3cncnc3n2Cc2ccc(F)cc2)CC1. The third kappa shape index (κ3) is 3.98. The molecule has 27 heavy (non-hydrogen) atoms. The Hall–Kier alpha value is -2.80. The summed E-state index contributed by atoms with van der Waals surface area (Å²) < 4.78 is 15.3. The van der Waals surface area contributed by atoms with Crippen molar-refractivity contribution in [3.8, 4) is 0 Å². The first kappa shape index (κ1) is 17.6. The Bertz CT molecular complexity index is 912. The molecule has 0 atom stereocenters. The topological polar surface area (TPSA) is 58.9 Å². The number of likely N-dealkylation sites (tertiary alicyclic amines) is 1. The van der Waals surface area contributed by atoms with E-state index in [1.165, 1.54) is 18.5 Å². The first-order chi connectivity index (χ1) is 13.2. The fraction of sp³-hybridized carbons (Fsp3) is 0.350. The van der Waals surface area contributed by atoms with E-state index >= 15 is 0 Å². The Balaban J connectivity index is 1.56. The van der Waals surface area contributed by atoms with Crippen molar-refractivity contribution in [3.05, 3.63) is 60.8 Å². The van der Waals surface area contributed by atoms with Crippen molar-refractivity contribution >= 4 is 17.1 Å². The monoisotopic (exact) mass is 366 g/mol. The Labute approximate surface area is 157 Å². The fourth-order valence-corrected chi connectivity index (χ4v) is 3.53. The van der Waals surface area contributed by atoms with Crippen molar-refractivity contribution in [2.75, 3.05) is 25.0 Å². The highest BCUT2D eigenvalue weighted by molar-refractivity contribution is 5.73. The molecule has 1 aromatic carbocycles. The molecule has 0 spiro atoms. The predicted octanol–water partition coefficient (Wildman–Crippen LogP) is 3.08. The second-order valence-corrected chi connectivity index (χ2v) is 6.89. The average molecular weight is 366 g/mol. The van der Waals surface area contributed by atoms with Gasteiger partial charge in [-0.1, -0.05) is 18.2 Å². The smallest absolute Gasteiger partial charge is 0.205 e. The summed E-state index contributed by atoms with van der Waals surface area (Å²) >= 11 is 0. The van der Waals surface area contributed by atoms with Gasteiger partial charge in [0.15, 0.2) is 5.65 Å². The molecule has 140 valence electrons. The zero-order valence-corrected chi connectivity index (χ0v) is 15.2. The molecule has 0 unspecified atom stereocenters. The quantitative estimate of drug-likeness (QED) is 0.680. The van der Waals surface area contributed by atoms with Crippen molar-refractivity contribution in [2.45, 2.75) is 25.4 Å². The van der Waals surface area contributed by atoms with E-state index in [2.05, 4.69) is 26.8 Å². The molecule has 7 heteroatoms. The molecule has 0 saturated carbocycles. The molecule has 1 aliphatic heterocycles. The van der Waals surface area contributed by atoms with Crippen LogP contribution in [0, 0.1) is 5.82 Å². The third-order valence-corrected chi connectivity index (χ3v) is 4.97. The molecule has 0 bridgehead atoms. The number of hydrogen-bond acceptors (Lipinski definition) is 5. The summed E-state index contributed by atoms with van der Waals surface area (Å²) in [5.41, 5.74) is 2.53. The second kappa shape index (κ2) is 7.84. The maximum absolute atomic E-state index is 13.2. The van der Waals surface area contributed by atoms with Crippen LogP contribution in [0.1, 0.15) is 18.4 Å². The number of nitrogens with zero attached hydrogens (tertiary/aromatic N) is 5. The average Bonchev–Trinajstić information content (AvgIpc) is 3.02. The number of piperidine rings is 1. The van der Waals surface area contributed by atoms with Crippen LogP contribution in [0.25, 0.3) is 11.2 Å². The molecule has 1 N–H and O–H groups in total. The normalized spacial score (nSPS) is 15.9. The predicted molar refractivity (Wildman–Crippen MR) is 104 cm³/mol. The summed E-state index contributed by atoms with van der Waals surface area (Å²) in [6, 6.07) is 6.90. The minimum absolute atomic E-state index is 0.235. The van der Waals surface area contributed by atoms with Gasteiger partial charge in [0.1, 0.15) is 17.7 Å². The Morgan fingerprint density at radius 1 is 1.22 bits per heavy atom. The van der Waals surface area contributed by atoms with Crippen molar-refractivity contribution in [3.63, 3.8) is 0 Å². The lowest BCUT2D eigenvalue weighted by Gasteiger charge is -2.31. The van der Waals surface area contributed by atoms with Crippen molar-refractivity contribution in [2.24, 2.45) is 0 Å². The largest absolute Gasteiger partial charge is 0.353 e. The molecule has 3 heterocycles. The molecule has 1 fully saturated rings. The van der Waals surface area contributed by atoms with Crippen LogP contribution in [0.15, 0.2) is 49.4 Å². The molecule has 6 nitrogen and oxygen atoms in total. The van der Waals surface area contributed by atoms with Crippen LogP contribution in [0.4, 0.5) is 10.3 Å². The summed E-state index contributed by atoms with van der Waals surface area (Å²) in [5.74, 6) is 0.554. The molecule has 0 radical (unpaired) electrons. The molecule has 0 aliphatic carbocycles. The standard InChI is InChI=1S/C20H23FN6/c1-2-9-26-10-7-17(8-11-26)24-20-25-18-12-22-14-23-19(18)27(20)13-15-3-5-16(21)6-4-15/h2-6,12,14,17H,1,7-11,13H2,(H,24,25). The van der Waals surface area contributed by atoms with Crippen LogP contribution in [0.3, 0.4) is 0 Å². The first-order valence-electron chi connectivity index (χ1n) is 9.23. The van der Waals surface area contributed by atoms with Gasteiger partial charge in [0, 0.05) is 25.7 Å². The molecular weight excluding hydrogens is 343 g/mol. The number of benzene rings is 1. The van der Waals surface area contributed by atoms with Crippen LogP contribution in [-0.2, 0) is 6.54 Å². The zero-order valence-electron chi connectivity index (χ0n) is 15.2. The number of halogens is 1. The lowest BCUT2D eigenvalue weighted by atomic mass is 10.1. The Kier molecular flexibility index (Phi) is 5.11. The van der Waals surface area contributed by atoms with Gasteiger partial charge >= 0.3 is 0 Å². The van der Waals surface area contributed by atoms with Crippen molar-refractivity contribution in [1.29, 1.82) is 0 Å². The number of rotatable bonds is 6. The number of hydrogen-bond donors (Lipinski definition) is 1. The van der Waals surface area contributed by atoms with Crippen LogP contribution in [-0.4, -0.2) is 50.1 Å². The van der Waals surface area contributed by atoms with Crippen LogP contribution >= 0.6 is 0 Å². The molecule has 3 aromatic rings. The van der Waals surface area contributed by atoms with Crippen LogP contribution in [0.5, 0.6) is 0 Å². The summed E-state index contributed by atoms with van der Waals surface area (Å²) in [6.45, 7) is 7.41. The molecule has 1 aliphatic rings. The van der Waals surface area contributed by atoms with E-state index in [1.807, 2.05) is 10.6 Å². The van der Waals surface area contributed by atoms with Crippen molar-refractivity contribution < 1.29 is 4.39 Å². The summed E-state index contributed by atoms with van der Waals surface area (Å²) in [4.78, 5) is 15.6. The Morgan fingerprint density at radius 2 is 2.00 bits per heavy atom. The van der Waals surface area contributed by atoms with Gasteiger partial charge in [-0.15, -0.1) is 6.58 Å². The maximum Gasteiger partial charge on any atom is 0.205 e. The van der Waals surface area contributed by atoms with E-state index in [4.69, 9.17) is 4.98 Å². The van der Waals surface area contributed by atoms with Gasteiger partial charge in [-0.25, -0.2) is 19.3 Å². The zero-order chi connectivity index (χ0) is 18.6. The van der Waals surface area contributed by atoms with Crippen molar-refractivity contribution in [1.82, 2.24) is 24.4 Å². The second-order valence-electron chi connectivity index (χ2n) is 6.89. The maximum atomic E-state index is 13.2. The highest BCUT2D eigenvalue weighted by Gasteiger charge is 2.21. The van der Waals surface area contributed by atoms with Gasteiger partial charge in [-0.05, 0) is 30.5 Å². The summed E-state index contributed by atoms with van der Waals surface area (Å²) in [6.07, 6.45) is 7.32. The van der Waals surface area contributed by atoms with Gasteiger partial charge < -0.3 is 5.32 Å². The lowest BCUT2D eigenvalue weighted by Crippen LogP contribution is -2.39. The van der Waals surface area contributed by atoms with Crippen LogP contribution < -0.4 is 5.32 Å². The number of anilines is 1. The number of nitrogens with one attached hydrogen (secondary N) is 1. The fourth-order valence-electron chi connectivity index (χ4n) is 3.53. The molecule has 1 saturated heterocycles. The van der Waals surface area contributed by atoms with E-state index < -0.39 is 0 Å². The number of aromatic nitrogens is 4. The van der Waals surface area contributed by atoms with Gasteiger partial charge in [0.2, 0.25) is 5.95 Å². The molecular formula is C20H23FN6. The highest BCUT2D eigenvalue weighted by atomic mass is 19.1. The van der Waals surface area contributed by atoms with Gasteiger partial charge in [-0.2, -0.15) is 0 Å². The minimum Gasteiger partial charge on any atom is -0.353 e. The van der Waals surface area contributed by atoms with Gasteiger partial charge in [0.25, 0.3) is 0 Å². The van der Waals surface area contributed by atoms with E-state index in [0.717, 1.165) is 55.2 Å². The van der Waals surface area contributed by atoms with E-state index in [0.29, 0.717) is 12.6 Å². The highest BCUT2D eigenvalue weighted by Crippen LogP contribution is 2.22. The van der Waals surface area contributed by atoms with Crippen LogP contribution in [0.2, 0.25) is 0 Å². The number of imidazole rings is 1. The molecule has 2 aromatic heterocycles. The molecule has 0 amide bonds. The third-order valence-electron chi connectivity index (χ3n) is 4.97. The lowest BCUT2D eigenvalue weighted by molar-refractivity contribution is 0.240. The first-order valence-corrected chi connectivity index (χ1v) is 9.23. The van der Waals surface area contributed by atoms with Gasteiger partial charge in [0.05, 0.1) is 12.7 Å². The van der Waals surface area contributed by atoms with E-state index in [-0.39, 0.29) is 5.82 Å². The van der Waals surface area contributed by atoms with E-state index in [9.17, 15) is 4.39 Å². The minimum atomic E-state index is -0.235. The number of fused-ring (bicyclic) bond motifs is 1. The molecule has 4 rings (SSSR count). The summed E-state index contributed by atoms with van der Waals surface area (Å²) in [5, 5.41) is 3.59. The van der Waals surface area contributed by atoms with Gasteiger partial charge in [-0.3, -0.25) is 9.47 Å². The summed E-state index contributed by atoms with van der Waals surface area (Å²) in [7, 11) is 0. The van der Waals surface area contributed by atoms with E-state index in [1.54, 1.807) is 18.3 Å².